The zero-order valence-electron chi connectivity index (χ0n) is 21.9. The zero-order valence-corrected chi connectivity index (χ0v) is 25.0. The number of nitrogens with one attached hydrogen (secondary N) is 1. The van der Waals surface area contributed by atoms with Gasteiger partial charge in [-0.05, 0) is 51.4 Å². The normalized spacial score (nSPS) is 19.0. The quantitative estimate of drug-likeness (QED) is 0.166. The molecule has 1 fully saturated rings. The summed E-state index contributed by atoms with van der Waals surface area (Å²) in [5.41, 5.74) is 4.11. The maximum Gasteiger partial charge on any atom is 0.272 e. The minimum absolute atomic E-state index is 0.0407. The van der Waals surface area contributed by atoms with Gasteiger partial charge in [-0.2, -0.15) is 4.68 Å². The highest BCUT2D eigenvalue weighted by molar-refractivity contribution is 7.99. The second-order valence-electron chi connectivity index (χ2n) is 9.47. The number of tetrazole rings is 1. The standard InChI is InChI=1S/C28H26Cl3N5O5S/c29-28(30,31)26(39)32-14-17-1-7-20(8-2-17)25-40-23(13-24(41-25)19-5-3-18(15-37)4-6-19)16-42-27-33-34-35-36(27)21-9-11-22(38)12-10-21/h1-12,23-25,37-38H,13-16H2,(H,32,39). The highest BCUT2D eigenvalue weighted by Gasteiger charge is 2.33. The number of hydrogen-bond donors (Lipinski definition) is 3. The van der Waals surface area contributed by atoms with Crippen LogP contribution in [-0.4, -0.2) is 52.0 Å². The van der Waals surface area contributed by atoms with Gasteiger partial charge in [-0.25, -0.2) is 0 Å². The van der Waals surface area contributed by atoms with Crippen molar-refractivity contribution in [2.24, 2.45) is 0 Å². The summed E-state index contributed by atoms with van der Waals surface area (Å²) in [6.07, 6.45) is -0.558. The average molecular weight is 651 g/mol. The molecule has 1 amide bonds. The summed E-state index contributed by atoms with van der Waals surface area (Å²) >= 11 is 18.3. The zero-order chi connectivity index (χ0) is 29.7. The molecule has 0 saturated carbocycles. The third kappa shape index (κ3) is 7.73. The van der Waals surface area contributed by atoms with Crippen LogP contribution >= 0.6 is 46.6 Å². The molecule has 0 spiro atoms. The molecule has 0 aliphatic carbocycles. The molecule has 14 heteroatoms. The van der Waals surface area contributed by atoms with Crippen molar-refractivity contribution in [1.29, 1.82) is 0 Å². The maximum atomic E-state index is 11.9. The van der Waals surface area contributed by atoms with Crippen LogP contribution in [0.25, 0.3) is 5.69 Å². The first kappa shape index (κ1) is 30.6. The van der Waals surface area contributed by atoms with E-state index in [1.807, 2.05) is 48.5 Å². The van der Waals surface area contributed by atoms with Crippen LogP contribution in [0.5, 0.6) is 5.75 Å². The molecule has 42 heavy (non-hydrogen) atoms. The van der Waals surface area contributed by atoms with Crippen LogP contribution in [0.3, 0.4) is 0 Å². The minimum Gasteiger partial charge on any atom is -0.508 e. The van der Waals surface area contributed by atoms with E-state index >= 15 is 0 Å². The van der Waals surface area contributed by atoms with Crippen molar-refractivity contribution in [3.63, 3.8) is 0 Å². The molecule has 2 heterocycles. The van der Waals surface area contributed by atoms with E-state index in [2.05, 4.69) is 20.8 Å². The summed E-state index contributed by atoms with van der Waals surface area (Å²) in [6, 6.07) is 21.7. The van der Waals surface area contributed by atoms with Gasteiger partial charge in [0.15, 0.2) is 6.29 Å². The highest BCUT2D eigenvalue weighted by Crippen LogP contribution is 2.39. The lowest BCUT2D eigenvalue weighted by atomic mass is 10.0. The van der Waals surface area contributed by atoms with Crippen molar-refractivity contribution in [3.05, 3.63) is 95.1 Å². The fourth-order valence-electron chi connectivity index (χ4n) is 4.29. The monoisotopic (exact) mass is 649 g/mol. The van der Waals surface area contributed by atoms with E-state index in [0.29, 0.717) is 17.3 Å². The van der Waals surface area contributed by atoms with Crippen LogP contribution in [0, 0.1) is 0 Å². The number of ether oxygens (including phenoxy) is 2. The van der Waals surface area contributed by atoms with Crippen LogP contribution in [0.15, 0.2) is 78.0 Å². The summed E-state index contributed by atoms with van der Waals surface area (Å²) in [4.78, 5) is 11.9. The Hall–Kier alpha value is -2.90. The molecular formula is C28H26Cl3N5O5S. The third-order valence-corrected chi connectivity index (χ3v) is 8.08. The number of aliphatic hydroxyl groups is 1. The maximum absolute atomic E-state index is 11.9. The van der Waals surface area contributed by atoms with Gasteiger partial charge in [0.05, 0.1) is 24.5 Å². The smallest absolute Gasteiger partial charge is 0.272 e. The number of benzene rings is 3. The summed E-state index contributed by atoms with van der Waals surface area (Å²) < 4.78 is 12.4. The molecule has 3 atom stereocenters. The number of aromatic nitrogens is 4. The third-order valence-electron chi connectivity index (χ3n) is 6.51. The number of carbonyl (C=O) groups is 1. The molecule has 1 aliphatic heterocycles. The predicted octanol–water partition coefficient (Wildman–Crippen LogP) is 5.18. The van der Waals surface area contributed by atoms with E-state index < -0.39 is 16.0 Å². The van der Waals surface area contributed by atoms with Crippen molar-refractivity contribution < 1.29 is 24.5 Å². The van der Waals surface area contributed by atoms with Gasteiger partial charge in [-0.1, -0.05) is 95.1 Å². The number of nitrogens with zero attached hydrogens (tertiary/aromatic N) is 4. The Bertz CT molecular complexity index is 1480. The summed E-state index contributed by atoms with van der Waals surface area (Å²) in [7, 11) is 0. The van der Waals surface area contributed by atoms with Gasteiger partial charge in [0.1, 0.15) is 5.75 Å². The van der Waals surface area contributed by atoms with E-state index in [4.69, 9.17) is 44.3 Å². The van der Waals surface area contributed by atoms with E-state index in [9.17, 15) is 15.0 Å². The molecule has 1 aromatic heterocycles. The van der Waals surface area contributed by atoms with Crippen molar-refractivity contribution in [2.75, 3.05) is 5.75 Å². The van der Waals surface area contributed by atoms with Crippen LogP contribution in [0.1, 0.15) is 41.1 Å². The number of hydrogen-bond acceptors (Lipinski definition) is 9. The van der Waals surface area contributed by atoms with E-state index in [0.717, 1.165) is 27.9 Å². The molecule has 5 rings (SSSR count). The SMILES string of the molecule is O=C(NCc1ccc(C2OC(CSc3nnnn3-c3ccc(O)cc3)CC(c3ccc(CO)cc3)O2)cc1)C(Cl)(Cl)Cl. The van der Waals surface area contributed by atoms with Gasteiger partial charge in [0.25, 0.3) is 9.70 Å². The molecule has 0 bridgehead atoms. The average Bonchev–Trinajstić information content (AvgIpc) is 3.47. The first-order valence-electron chi connectivity index (χ1n) is 12.8. The van der Waals surface area contributed by atoms with Gasteiger partial charge >= 0.3 is 0 Å². The lowest BCUT2D eigenvalue weighted by molar-refractivity contribution is -0.245. The molecule has 220 valence electrons. The number of aromatic hydroxyl groups is 1. The Morgan fingerprint density at radius 2 is 1.64 bits per heavy atom. The highest BCUT2D eigenvalue weighted by atomic mass is 35.6. The van der Waals surface area contributed by atoms with Crippen molar-refractivity contribution in [1.82, 2.24) is 25.5 Å². The summed E-state index contributed by atoms with van der Waals surface area (Å²) in [5.74, 6) is -0.00582. The van der Waals surface area contributed by atoms with E-state index in [1.54, 1.807) is 28.9 Å². The molecule has 3 aromatic carbocycles. The topological polar surface area (TPSA) is 132 Å². The number of aliphatic hydroxyl groups excluding tert-OH is 1. The number of halogens is 3. The predicted molar refractivity (Wildman–Crippen MR) is 159 cm³/mol. The molecule has 0 radical (unpaired) electrons. The first-order chi connectivity index (χ1) is 20.2. The van der Waals surface area contributed by atoms with E-state index in [1.165, 1.54) is 11.8 Å². The fraction of sp³-hybridized carbons (Fsp3) is 0.286. The second-order valence-corrected chi connectivity index (χ2v) is 12.7. The van der Waals surface area contributed by atoms with E-state index in [-0.39, 0.29) is 31.1 Å². The van der Waals surface area contributed by atoms with Gasteiger partial charge < -0.3 is 25.0 Å². The molecule has 10 nitrogen and oxygen atoms in total. The van der Waals surface area contributed by atoms with Crippen LogP contribution < -0.4 is 5.32 Å². The Kier molecular flexibility index (Phi) is 9.89. The summed E-state index contributed by atoms with van der Waals surface area (Å²) in [6.45, 7) is 0.148. The first-order valence-corrected chi connectivity index (χ1v) is 15.0. The number of alkyl halides is 3. The van der Waals surface area contributed by atoms with Crippen molar-refractivity contribution in [2.45, 2.75) is 47.0 Å². The molecular weight excluding hydrogens is 625 g/mol. The number of phenols is 1. The van der Waals surface area contributed by atoms with Gasteiger partial charge in [0, 0.05) is 24.3 Å². The lowest BCUT2D eigenvalue weighted by Crippen LogP contribution is -2.34. The number of thioether (sulfide) groups is 1. The van der Waals surface area contributed by atoms with Crippen molar-refractivity contribution in [3.8, 4) is 11.4 Å². The number of rotatable bonds is 9. The molecule has 3 unspecified atom stereocenters. The van der Waals surface area contributed by atoms with Crippen LogP contribution in [-0.2, 0) is 27.4 Å². The lowest BCUT2D eigenvalue weighted by Gasteiger charge is -2.36. The molecule has 3 N–H and O–H groups in total. The number of phenolic OH excluding ortho intramolecular Hbond substituents is 1. The Morgan fingerprint density at radius 1 is 0.976 bits per heavy atom. The summed E-state index contributed by atoms with van der Waals surface area (Å²) in [5, 5.41) is 34.3. The number of amides is 1. The van der Waals surface area contributed by atoms with Crippen LogP contribution in [0.4, 0.5) is 0 Å². The van der Waals surface area contributed by atoms with Crippen molar-refractivity contribution >= 4 is 52.5 Å². The molecule has 1 aliphatic rings. The largest absolute Gasteiger partial charge is 0.508 e. The Morgan fingerprint density at radius 3 is 2.31 bits per heavy atom. The van der Waals surface area contributed by atoms with Gasteiger partial charge in [-0.15, -0.1) is 5.10 Å². The fourth-order valence-corrected chi connectivity index (χ4v) is 5.40. The van der Waals surface area contributed by atoms with Crippen LogP contribution in [0.2, 0.25) is 0 Å². The Balaban J connectivity index is 1.31. The van der Waals surface area contributed by atoms with Gasteiger partial charge in [-0.3, -0.25) is 4.79 Å². The second kappa shape index (κ2) is 13.6. The molecule has 1 saturated heterocycles. The number of carbonyl (C=O) groups excluding carboxylic acids is 1. The minimum atomic E-state index is -2.03. The van der Waals surface area contributed by atoms with Gasteiger partial charge in [0.2, 0.25) is 5.16 Å². The molecule has 4 aromatic rings. The Labute approximate surface area is 260 Å².